The van der Waals surface area contributed by atoms with Gasteiger partial charge < -0.3 is 15.7 Å². The number of aromatic nitrogens is 3. The first-order valence-electron chi connectivity index (χ1n) is 10.8. The van der Waals surface area contributed by atoms with E-state index in [0.29, 0.717) is 22.9 Å². The lowest BCUT2D eigenvalue weighted by Crippen LogP contribution is -2.12. The van der Waals surface area contributed by atoms with Crippen molar-refractivity contribution in [2.75, 3.05) is 24.4 Å². The average Bonchev–Trinajstić information content (AvgIpc) is 2.90. The molecule has 10 nitrogen and oxygen atoms in total. The molecule has 4 aromatic rings. The van der Waals surface area contributed by atoms with E-state index in [1.807, 2.05) is 43.3 Å². The first-order chi connectivity index (χ1) is 17.0. The molecule has 4 rings (SSSR count). The zero-order valence-electron chi connectivity index (χ0n) is 19.3. The Morgan fingerprint density at radius 2 is 1.91 bits per heavy atom. The lowest BCUT2D eigenvalue weighted by Gasteiger charge is -2.12. The molecule has 3 N–H and O–H groups in total. The van der Waals surface area contributed by atoms with Crippen LogP contribution in [0.25, 0.3) is 11.3 Å². The van der Waals surface area contributed by atoms with Crippen LogP contribution < -0.4 is 10.6 Å². The molecule has 35 heavy (non-hydrogen) atoms. The van der Waals surface area contributed by atoms with E-state index in [1.165, 1.54) is 5.01 Å². The van der Waals surface area contributed by atoms with E-state index >= 15 is 0 Å². The SMILES string of the molecule is Cc1ccc(NC(=O)c2ccc(N=NN(C)CO)cc2)cc1Nc1nccc(-c2cccnc2)n1. The van der Waals surface area contributed by atoms with Gasteiger partial charge in [-0.2, -0.15) is 0 Å². The number of carbonyl (C=O) groups excluding carboxylic acids is 1. The van der Waals surface area contributed by atoms with Crippen molar-refractivity contribution < 1.29 is 9.90 Å². The maximum absolute atomic E-state index is 12.7. The first kappa shape index (κ1) is 23.5. The van der Waals surface area contributed by atoms with E-state index in [2.05, 4.69) is 35.9 Å². The van der Waals surface area contributed by atoms with E-state index in [4.69, 9.17) is 5.11 Å². The molecule has 2 aromatic carbocycles. The molecule has 10 heteroatoms. The summed E-state index contributed by atoms with van der Waals surface area (Å²) < 4.78 is 0. The molecule has 0 aliphatic heterocycles. The van der Waals surface area contributed by atoms with Crippen LogP contribution in [-0.2, 0) is 0 Å². The number of hydrogen-bond donors (Lipinski definition) is 3. The van der Waals surface area contributed by atoms with Gasteiger partial charge in [0.05, 0.1) is 11.4 Å². The minimum absolute atomic E-state index is 0.237. The summed E-state index contributed by atoms with van der Waals surface area (Å²) in [5.41, 5.74) is 5.06. The van der Waals surface area contributed by atoms with Gasteiger partial charge in [-0.25, -0.2) is 9.97 Å². The molecule has 176 valence electrons. The summed E-state index contributed by atoms with van der Waals surface area (Å²) in [7, 11) is 1.60. The number of pyridine rings is 1. The van der Waals surface area contributed by atoms with Crippen LogP contribution in [-0.4, -0.2) is 44.8 Å². The number of aliphatic hydroxyl groups is 1. The number of aliphatic hydroxyl groups excluding tert-OH is 1. The lowest BCUT2D eigenvalue weighted by molar-refractivity contribution is 0.102. The highest BCUT2D eigenvalue weighted by Crippen LogP contribution is 2.25. The number of anilines is 3. The zero-order valence-corrected chi connectivity index (χ0v) is 19.3. The van der Waals surface area contributed by atoms with Crippen molar-refractivity contribution in [3.63, 3.8) is 0 Å². The Labute approximate surface area is 202 Å². The van der Waals surface area contributed by atoms with Crippen LogP contribution in [0.1, 0.15) is 15.9 Å². The fourth-order valence-electron chi connectivity index (χ4n) is 3.09. The molecule has 2 aromatic heterocycles. The Morgan fingerprint density at radius 1 is 1.09 bits per heavy atom. The number of aryl methyl sites for hydroxylation is 1. The number of amides is 1. The molecule has 2 heterocycles. The largest absolute Gasteiger partial charge is 0.375 e. The Balaban J connectivity index is 1.46. The second-order valence-corrected chi connectivity index (χ2v) is 7.65. The van der Waals surface area contributed by atoms with Crippen molar-refractivity contribution in [3.05, 3.63) is 90.4 Å². The molecular weight excluding hydrogens is 444 g/mol. The number of rotatable bonds is 8. The van der Waals surface area contributed by atoms with Crippen molar-refractivity contribution in [1.82, 2.24) is 20.0 Å². The normalized spacial score (nSPS) is 10.8. The maximum Gasteiger partial charge on any atom is 0.255 e. The van der Waals surface area contributed by atoms with Gasteiger partial charge in [0.1, 0.15) is 6.73 Å². The average molecular weight is 469 g/mol. The van der Waals surface area contributed by atoms with Gasteiger partial charge >= 0.3 is 0 Å². The van der Waals surface area contributed by atoms with Gasteiger partial charge in [-0.1, -0.05) is 11.3 Å². The Bertz CT molecular complexity index is 1330. The fraction of sp³-hybridized carbons (Fsp3) is 0.120. The molecule has 0 saturated heterocycles. The third-order valence-electron chi connectivity index (χ3n) is 5.00. The monoisotopic (exact) mass is 468 g/mol. The fourth-order valence-corrected chi connectivity index (χ4v) is 3.09. The van der Waals surface area contributed by atoms with Crippen molar-refractivity contribution in [3.8, 4) is 11.3 Å². The molecule has 0 bridgehead atoms. The molecule has 0 unspecified atom stereocenters. The number of carbonyl (C=O) groups is 1. The summed E-state index contributed by atoms with van der Waals surface area (Å²) in [6, 6.07) is 17.9. The summed E-state index contributed by atoms with van der Waals surface area (Å²) in [6.45, 7) is 1.72. The van der Waals surface area contributed by atoms with Gasteiger partial charge in [0.15, 0.2) is 0 Å². The summed E-state index contributed by atoms with van der Waals surface area (Å²) in [5.74, 6) is 0.181. The number of benzene rings is 2. The number of nitrogens with zero attached hydrogens (tertiary/aromatic N) is 6. The second-order valence-electron chi connectivity index (χ2n) is 7.65. The number of nitrogens with one attached hydrogen (secondary N) is 2. The van der Waals surface area contributed by atoms with Crippen molar-refractivity contribution in [1.29, 1.82) is 0 Å². The highest BCUT2D eigenvalue weighted by atomic mass is 16.3. The summed E-state index contributed by atoms with van der Waals surface area (Å²) in [6.07, 6.45) is 5.14. The van der Waals surface area contributed by atoms with Crippen LogP contribution in [0.15, 0.2) is 89.6 Å². The summed E-state index contributed by atoms with van der Waals surface area (Å²) >= 11 is 0. The van der Waals surface area contributed by atoms with Gasteiger partial charge in [0.25, 0.3) is 5.91 Å². The Morgan fingerprint density at radius 3 is 2.66 bits per heavy atom. The van der Waals surface area contributed by atoms with Crippen LogP contribution in [0, 0.1) is 6.92 Å². The molecule has 0 atom stereocenters. The van der Waals surface area contributed by atoms with E-state index in [0.717, 1.165) is 22.5 Å². The maximum atomic E-state index is 12.7. The standard InChI is InChI=1S/C25H24N8O2/c1-17-5-8-21(28-24(35)18-6-9-20(10-7-18)31-32-33(2)16-34)14-23(17)30-25-27-13-11-22(29-25)19-4-3-12-26-15-19/h3-15,34H,16H2,1-2H3,(H,28,35)(H,27,29,30). The van der Waals surface area contributed by atoms with Crippen molar-refractivity contribution >= 4 is 28.9 Å². The molecule has 0 spiro atoms. The molecule has 0 saturated carbocycles. The quantitative estimate of drug-likeness (QED) is 0.194. The Hall–Kier alpha value is -4.70. The third-order valence-corrected chi connectivity index (χ3v) is 5.00. The van der Waals surface area contributed by atoms with Gasteiger partial charge in [-0.15, -0.1) is 5.11 Å². The molecule has 0 aliphatic carbocycles. The van der Waals surface area contributed by atoms with Crippen LogP contribution in [0.2, 0.25) is 0 Å². The topological polar surface area (TPSA) is 128 Å². The molecule has 0 aliphatic rings. The minimum Gasteiger partial charge on any atom is -0.375 e. The van der Waals surface area contributed by atoms with E-state index in [1.54, 1.807) is 49.9 Å². The Kier molecular flexibility index (Phi) is 7.34. The highest BCUT2D eigenvalue weighted by Gasteiger charge is 2.09. The van der Waals surface area contributed by atoms with Gasteiger partial charge in [0, 0.05) is 48.1 Å². The minimum atomic E-state index is -0.259. The predicted molar refractivity (Wildman–Crippen MR) is 133 cm³/mol. The molecule has 0 fully saturated rings. The predicted octanol–water partition coefficient (Wildman–Crippen LogP) is 4.72. The van der Waals surface area contributed by atoms with E-state index in [9.17, 15) is 4.79 Å². The first-order valence-corrected chi connectivity index (χ1v) is 10.8. The second kappa shape index (κ2) is 10.9. The van der Waals surface area contributed by atoms with Crippen molar-refractivity contribution in [2.45, 2.75) is 6.92 Å². The van der Waals surface area contributed by atoms with Crippen LogP contribution in [0.3, 0.4) is 0 Å². The van der Waals surface area contributed by atoms with Crippen LogP contribution in [0.4, 0.5) is 23.0 Å². The van der Waals surface area contributed by atoms with Crippen molar-refractivity contribution in [2.24, 2.45) is 10.3 Å². The van der Waals surface area contributed by atoms with Gasteiger partial charge in [-0.3, -0.25) is 14.8 Å². The summed E-state index contributed by atoms with van der Waals surface area (Å²) in [5, 5.41) is 24.2. The molecule has 1 amide bonds. The summed E-state index contributed by atoms with van der Waals surface area (Å²) in [4.78, 5) is 25.8. The highest BCUT2D eigenvalue weighted by molar-refractivity contribution is 6.04. The number of hydrogen-bond acceptors (Lipinski definition) is 8. The molecule has 0 radical (unpaired) electrons. The third kappa shape index (κ3) is 6.21. The van der Waals surface area contributed by atoms with E-state index < -0.39 is 0 Å². The van der Waals surface area contributed by atoms with Gasteiger partial charge in [0.2, 0.25) is 5.95 Å². The van der Waals surface area contributed by atoms with Crippen LogP contribution in [0.5, 0.6) is 0 Å². The van der Waals surface area contributed by atoms with Gasteiger partial charge in [-0.05, 0) is 67.1 Å². The molecular formula is C25H24N8O2. The zero-order chi connectivity index (χ0) is 24.6. The lowest BCUT2D eigenvalue weighted by atomic mass is 10.1. The van der Waals surface area contributed by atoms with E-state index in [-0.39, 0.29) is 12.6 Å². The van der Waals surface area contributed by atoms with Crippen LogP contribution >= 0.6 is 0 Å². The smallest absolute Gasteiger partial charge is 0.255 e.